The fourth-order valence-corrected chi connectivity index (χ4v) is 2.27. The molecule has 24 heavy (non-hydrogen) atoms. The number of carbonyl (C=O) groups is 2. The molecule has 2 aromatic rings. The van der Waals surface area contributed by atoms with Crippen molar-refractivity contribution in [1.29, 1.82) is 0 Å². The molecular formula is C20H24N2O2. The highest BCUT2D eigenvalue weighted by Gasteiger charge is 2.15. The van der Waals surface area contributed by atoms with Crippen LogP contribution in [0.5, 0.6) is 0 Å². The van der Waals surface area contributed by atoms with E-state index in [0.717, 1.165) is 17.5 Å². The Labute approximate surface area is 143 Å². The number of rotatable bonds is 5. The van der Waals surface area contributed by atoms with Gasteiger partial charge in [0, 0.05) is 11.6 Å². The monoisotopic (exact) mass is 324 g/mol. The molecule has 0 fully saturated rings. The second-order valence-corrected chi connectivity index (χ2v) is 6.08. The summed E-state index contributed by atoms with van der Waals surface area (Å²) in [5.41, 5.74) is 3.76. The van der Waals surface area contributed by atoms with Gasteiger partial charge in [-0.25, -0.2) is 0 Å². The molecule has 0 saturated carbocycles. The Bertz CT molecular complexity index is 753. The number of nitrogens with one attached hydrogen (secondary N) is 2. The average Bonchev–Trinajstić information content (AvgIpc) is 2.57. The van der Waals surface area contributed by atoms with Crippen LogP contribution in [-0.4, -0.2) is 17.9 Å². The van der Waals surface area contributed by atoms with Gasteiger partial charge in [0.2, 0.25) is 0 Å². The Balaban J connectivity index is 2.22. The quantitative estimate of drug-likeness (QED) is 0.870. The average molecular weight is 324 g/mol. The second kappa shape index (κ2) is 7.77. The maximum absolute atomic E-state index is 12.5. The summed E-state index contributed by atoms with van der Waals surface area (Å²) in [6.45, 7) is 7.94. The van der Waals surface area contributed by atoms with Crippen molar-refractivity contribution in [3.8, 4) is 0 Å². The van der Waals surface area contributed by atoms with Crippen LogP contribution in [0.15, 0.2) is 42.5 Å². The lowest BCUT2D eigenvalue weighted by Gasteiger charge is -2.15. The molecule has 2 aromatic carbocycles. The van der Waals surface area contributed by atoms with Gasteiger partial charge in [-0.3, -0.25) is 9.59 Å². The van der Waals surface area contributed by atoms with Crippen LogP contribution in [0.3, 0.4) is 0 Å². The Morgan fingerprint density at radius 3 is 2.38 bits per heavy atom. The summed E-state index contributed by atoms with van der Waals surface area (Å²) < 4.78 is 0. The molecule has 4 nitrogen and oxygen atoms in total. The van der Waals surface area contributed by atoms with Crippen LogP contribution in [-0.2, 0) is 0 Å². The predicted molar refractivity (Wildman–Crippen MR) is 97.5 cm³/mol. The Kier molecular flexibility index (Phi) is 5.74. The molecule has 0 unspecified atom stereocenters. The number of anilines is 1. The second-order valence-electron chi connectivity index (χ2n) is 6.08. The molecule has 4 heteroatoms. The molecule has 0 heterocycles. The van der Waals surface area contributed by atoms with Gasteiger partial charge in [0.05, 0.1) is 11.3 Å². The number of benzene rings is 2. The summed E-state index contributed by atoms with van der Waals surface area (Å²) in [6.07, 6.45) is 0.850. The Hall–Kier alpha value is -2.62. The third-order valence-corrected chi connectivity index (χ3v) is 4.18. The van der Waals surface area contributed by atoms with Crippen LogP contribution >= 0.6 is 0 Å². The molecule has 2 amide bonds. The highest BCUT2D eigenvalue weighted by atomic mass is 16.2. The van der Waals surface area contributed by atoms with Crippen molar-refractivity contribution < 1.29 is 9.59 Å². The number of hydrogen-bond donors (Lipinski definition) is 2. The maximum Gasteiger partial charge on any atom is 0.255 e. The van der Waals surface area contributed by atoms with Crippen molar-refractivity contribution in [2.75, 3.05) is 5.32 Å². The van der Waals surface area contributed by atoms with E-state index in [4.69, 9.17) is 0 Å². The first-order chi connectivity index (χ1) is 11.4. The molecule has 2 rings (SSSR count). The minimum atomic E-state index is -0.220. The van der Waals surface area contributed by atoms with Gasteiger partial charge in [-0.2, -0.15) is 0 Å². The molecule has 0 spiro atoms. The van der Waals surface area contributed by atoms with E-state index >= 15 is 0 Å². The van der Waals surface area contributed by atoms with E-state index in [1.165, 1.54) is 0 Å². The molecule has 1 atom stereocenters. The van der Waals surface area contributed by atoms with Gasteiger partial charge in [0.1, 0.15) is 0 Å². The molecule has 0 bridgehead atoms. The van der Waals surface area contributed by atoms with Gasteiger partial charge < -0.3 is 10.6 Å². The fraction of sp³-hybridized carbons (Fsp3) is 0.300. The van der Waals surface area contributed by atoms with Crippen LogP contribution in [0.25, 0.3) is 0 Å². The molecule has 0 saturated heterocycles. The lowest BCUT2D eigenvalue weighted by Crippen LogP contribution is -2.32. The van der Waals surface area contributed by atoms with Crippen molar-refractivity contribution in [2.45, 2.75) is 40.2 Å². The molecule has 0 aliphatic rings. The molecule has 2 N–H and O–H groups in total. The van der Waals surface area contributed by atoms with Crippen LogP contribution in [0.4, 0.5) is 5.69 Å². The fourth-order valence-electron chi connectivity index (χ4n) is 2.27. The number of aryl methyl sites for hydroxylation is 2. The number of amides is 2. The van der Waals surface area contributed by atoms with E-state index in [1.807, 2.05) is 39.8 Å². The molecule has 0 aliphatic carbocycles. The lowest BCUT2D eigenvalue weighted by molar-refractivity contribution is 0.0940. The largest absolute Gasteiger partial charge is 0.350 e. The van der Waals surface area contributed by atoms with Gasteiger partial charge in [-0.15, -0.1) is 0 Å². The van der Waals surface area contributed by atoms with Crippen molar-refractivity contribution in [2.24, 2.45) is 0 Å². The lowest BCUT2D eigenvalue weighted by atomic mass is 10.1. The highest BCUT2D eigenvalue weighted by Crippen LogP contribution is 2.18. The van der Waals surface area contributed by atoms with E-state index in [-0.39, 0.29) is 17.9 Å². The summed E-state index contributed by atoms with van der Waals surface area (Å²) in [5, 5.41) is 5.77. The van der Waals surface area contributed by atoms with Crippen molar-refractivity contribution >= 4 is 17.5 Å². The summed E-state index contributed by atoms with van der Waals surface area (Å²) in [5.74, 6) is -0.401. The zero-order chi connectivity index (χ0) is 17.7. The van der Waals surface area contributed by atoms with Gasteiger partial charge in [-0.05, 0) is 62.6 Å². The highest BCUT2D eigenvalue weighted by molar-refractivity contribution is 6.09. The van der Waals surface area contributed by atoms with Crippen molar-refractivity contribution in [1.82, 2.24) is 5.32 Å². The minimum absolute atomic E-state index is 0.0843. The Morgan fingerprint density at radius 1 is 1.00 bits per heavy atom. The molecule has 0 radical (unpaired) electrons. The third kappa shape index (κ3) is 4.22. The molecule has 126 valence electrons. The Morgan fingerprint density at radius 2 is 1.71 bits per heavy atom. The first-order valence-corrected chi connectivity index (χ1v) is 8.21. The SMILES string of the molecule is CC[C@H](C)NC(=O)c1ccccc1NC(=O)c1ccc(C)c(C)c1. The summed E-state index contributed by atoms with van der Waals surface area (Å²) in [7, 11) is 0. The van der Waals surface area contributed by atoms with E-state index in [1.54, 1.807) is 30.3 Å². The van der Waals surface area contributed by atoms with Crippen LogP contribution in [0.2, 0.25) is 0 Å². The smallest absolute Gasteiger partial charge is 0.255 e. The van der Waals surface area contributed by atoms with Gasteiger partial charge >= 0.3 is 0 Å². The first-order valence-electron chi connectivity index (χ1n) is 8.21. The van der Waals surface area contributed by atoms with E-state index in [9.17, 15) is 9.59 Å². The molecule has 0 aromatic heterocycles. The van der Waals surface area contributed by atoms with Crippen LogP contribution in [0, 0.1) is 13.8 Å². The van der Waals surface area contributed by atoms with Gasteiger partial charge in [0.25, 0.3) is 11.8 Å². The van der Waals surface area contributed by atoms with E-state index in [2.05, 4.69) is 10.6 Å². The molecular weight excluding hydrogens is 300 g/mol. The predicted octanol–water partition coefficient (Wildman–Crippen LogP) is 4.08. The number of carbonyl (C=O) groups excluding carboxylic acids is 2. The zero-order valence-corrected chi connectivity index (χ0v) is 14.6. The minimum Gasteiger partial charge on any atom is -0.350 e. The number of para-hydroxylation sites is 1. The number of hydrogen-bond acceptors (Lipinski definition) is 2. The van der Waals surface area contributed by atoms with Crippen molar-refractivity contribution in [3.05, 3.63) is 64.7 Å². The summed E-state index contributed by atoms with van der Waals surface area (Å²) in [4.78, 5) is 24.9. The summed E-state index contributed by atoms with van der Waals surface area (Å²) >= 11 is 0. The van der Waals surface area contributed by atoms with Crippen molar-refractivity contribution in [3.63, 3.8) is 0 Å². The van der Waals surface area contributed by atoms with E-state index in [0.29, 0.717) is 16.8 Å². The molecule has 0 aliphatic heterocycles. The normalized spacial score (nSPS) is 11.7. The zero-order valence-electron chi connectivity index (χ0n) is 14.6. The van der Waals surface area contributed by atoms with Crippen LogP contribution in [0.1, 0.15) is 52.1 Å². The summed E-state index contributed by atoms with van der Waals surface area (Å²) in [6, 6.07) is 12.7. The van der Waals surface area contributed by atoms with Crippen LogP contribution < -0.4 is 10.6 Å². The third-order valence-electron chi connectivity index (χ3n) is 4.18. The standard InChI is InChI=1S/C20H24N2O2/c1-5-15(4)21-20(24)17-8-6-7-9-18(17)22-19(23)16-11-10-13(2)14(3)12-16/h6-12,15H,5H2,1-4H3,(H,21,24)(H,22,23)/t15-/m0/s1. The topological polar surface area (TPSA) is 58.2 Å². The maximum atomic E-state index is 12.5. The van der Waals surface area contributed by atoms with Gasteiger partial charge in [-0.1, -0.05) is 25.1 Å². The van der Waals surface area contributed by atoms with Gasteiger partial charge in [0.15, 0.2) is 0 Å². The van der Waals surface area contributed by atoms with E-state index < -0.39 is 0 Å². The first kappa shape index (κ1) is 17.7.